The molecule has 4 rings (SSSR count). The first-order valence-corrected chi connectivity index (χ1v) is 12.9. The van der Waals surface area contributed by atoms with Crippen molar-refractivity contribution in [2.45, 2.75) is 88.4 Å². The summed E-state index contributed by atoms with van der Waals surface area (Å²) in [5, 5.41) is 0. The summed E-state index contributed by atoms with van der Waals surface area (Å²) in [6.07, 6.45) is 13.1. The molecule has 2 aliphatic carbocycles. The van der Waals surface area contributed by atoms with E-state index in [1.807, 2.05) is 6.07 Å². The molecule has 2 aliphatic rings. The molecular weight excluding hydrogens is 392 g/mol. The van der Waals surface area contributed by atoms with Gasteiger partial charge in [0.25, 0.3) is 0 Å². The Morgan fingerprint density at radius 1 is 0.594 bits per heavy atom. The van der Waals surface area contributed by atoms with Crippen LogP contribution in [0.25, 0.3) is 0 Å². The van der Waals surface area contributed by atoms with E-state index in [0.29, 0.717) is 11.8 Å². The molecule has 2 saturated carbocycles. The summed E-state index contributed by atoms with van der Waals surface area (Å²) in [7, 11) is 0. The molecule has 0 heterocycles. The molecule has 4 atom stereocenters. The minimum Gasteiger partial charge on any atom is -0.326 e. The third-order valence-electron chi connectivity index (χ3n) is 7.87. The highest BCUT2D eigenvalue weighted by molar-refractivity contribution is 5.27. The van der Waals surface area contributed by atoms with E-state index in [9.17, 15) is 0 Å². The van der Waals surface area contributed by atoms with Gasteiger partial charge in [0, 0.05) is 12.1 Å². The van der Waals surface area contributed by atoms with Gasteiger partial charge in [0.05, 0.1) is 12.1 Å². The highest BCUT2D eigenvalue weighted by Gasteiger charge is 2.34. The van der Waals surface area contributed by atoms with E-state index in [-0.39, 0.29) is 24.2 Å². The lowest BCUT2D eigenvalue weighted by Crippen LogP contribution is -2.59. The van der Waals surface area contributed by atoms with E-state index >= 15 is 0 Å². The van der Waals surface area contributed by atoms with Crippen molar-refractivity contribution < 1.29 is 0 Å². The van der Waals surface area contributed by atoms with Crippen molar-refractivity contribution in [2.24, 2.45) is 23.3 Å². The average Bonchev–Trinajstić information content (AvgIpc) is 2.88. The van der Waals surface area contributed by atoms with E-state index in [2.05, 4.69) is 65.4 Å². The zero-order valence-corrected chi connectivity index (χ0v) is 19.5. The predicted molar refractivity (Wildman–Crippen MR) is 134 cm³/mol. The van der Waals surface area contributed by atoms with Crippen LogP contribution in [0.4, 0.5) is 0 Å². The Labute approximate surface area is 194 Å². The van der Waals surface area contributed by atoms with Crippen LogP contribution in [0, 0.1) is 11.8 Å². The Balaban J connectivity index is 1.53. The summed E-state index contributed by atoms with van der Waals surface area (Å²) in [6.45, 7) is 0. The van der Waals surface area contributed by atoms with Gasteiger partial charge in [0.15, 0.2) is 0 Å². The summed E-state index contributed by atoms with van der Waals surface area (Å²) in [4.78, 5) is 0. The molecule has 0 aromatic heterocycles. The third kappa shape index (κ3) is 5.99. The lowest BCUT2D eigenvalue weighted by Gasteiger charge is -2.41. The van der Waals surface area contributed by atoms with Crippen LogP contribution in [0.3, 0.4) is 0 Å². The second-order valence-electron chi connectivity index (χ2n) is 10.0. The van der Waals surface area contributed by atoms with Crippen LogP contribution in [-0.2, 0) is 0 Å². The molecule has 0 bridgehead atoms. The largest absolute Gasteiger partial charge is 0.326 e. The molecule has 2 fully saturated rings. The number of rotatable bonds is 9. The fraction of sp³-hybridized carbons (Fsp3) is 0.571. The molecule has 0 aliphatic heterocycles. The summed E-state index contributed by atoms with van der Waals surface area (Å²) < 4.78 is 0. The normalized spacial score (nSPS) is 22.2. The monoisotopic (exact) mass is 434 g/mol. The first kappa shape index (κ1) is 23.4. The summed E-state index contributed by atoms with van der Waals surface area (Å²) in [6, 6.07) is 21.3. The van der Waals surface area contributed by atoms with Gasteiger partial charge in [0.1, 0.15) is 0 Å². The fourth-order valence-electron chi connectivity index (χ4n) is 5.93. The van der Waals surface area contributed by atoms with Crippen molar-refractivity contribution in [1.29, 1.82) is 0 Å². The molecule has 2 aromatic carbocycles. The maximum absolute atomic E-state index is 7.00. The lowest BCUT2D eigenvalue weighted by molar-refractivity contribution is 0.160. The maximum Gasteiger partial charge on any atom is 0.0655 e. The first-order valence-electron chi connectivity index (χ1n) is 12.9. The van der Waals surface area contributed by atoms with Gasteiger partial charge in [-0.3, -0.25) is 5.43 Å². The predicted octanol–water partition coefficient (Wildman–Crippen LogP) is 5.38. The van der Waals surface area contributed by atoms with E-state index in [1.54, 1.807) is 0 Å². The molecule has 174 valence electrons. The first-order chi connectivity index (χ1) is 15.7. The number of hydrazine groups is 1. The zero-order chi connectivity index (χ0) is 22.2. The van der Waals surface area contributed by atoms with E-state index in [4.69, 9.17) is 11.5 Å². The van der Waals surface area contributed by atoms with Crippen LogP contribution in [-0.4, -0.2) is 12.1 Å². The van der Waals surface area contributed by atoms with Gasteiger partial charge in [-0.05, 0) is 48.6 Å². The molecular formula is C28H42N4. The molecule has 0 radical (unpaired) electrons. The topological polar surface area (TPSA) is 76.1 Å². The SMILES string of the molecule is NC(c1ccccc1)C(NNC(C1CCCCC1)C(N)C1CCCCC1)c1ccccc1. The summed E-state index contributed by atoms with van der Waals surface area (Å²) >= 11 is 0. The maximum atomic E-state index is 7.00. The van der Waals surface area contributed by atoms with Gasteiger partial charge < -0.3 is 11.5 Å². The van der Waals surface area contributed by atoms with Crippen LogP contribution in [0.5, 0.6) is 0 Å². The molecule has 0 amide bonds. The van der Waals surface area contributed by atoms with Gasteiger partial charge in [-0.25, -0.2) is 5.43 Å². The molecule has 0 spiro atoms. The van der Waals surface area contributed by atoms with Crippen LogP contribution in [0.1, 0.15) is 87.4 Å². The highest BCUT2D eigenvalue weighted by Crippen LogP contribution is 2.34. The molecule has 0 saturated heterocycles. The third-order valence-corrected chi connectivity index (χ3v) is 7.87. The van der Waals surface area contributed by atoms with Crippen molar-refractivity contribution in [3.8, 4) is 0 Å². The quantitative estimate of drug-likeness (QED) is 0.400. The molecule has 4 unspecified atom stereocenters. The summed E-state index contributed by atoms with van der Waals surface area (Å²) in [5.74, 6) is 1.26. The molecule has 6 N–H and O–H groups in total. The van der Waals surface area contributed by atoms with E-state index in [0.717, 1.165) is 5.56 Å². The van der Waals surface area contributed by atoms with Crippen LogP contribution >= 0.6 is 0 Å². The Hall–Kier alpha value is -1.72. The number of benzene rings is 2. The Bertz CT molecular complexity index is 769. The van der Waals surface area contributed by atoms with Crippen LogP contribution in [0.15, 0.2) is 60.7 Å². The number of hydrogen-bond donors (Lipinski definition) is 4. The smallest absolute Gasteiger partial charge is 0.0655 e. The minimum absolute atomic E-state index is 0.0248. The Kier molecular flexibility index (Phi) is 8.75. The highest BCUT2D eigenvalue weighted by atomic mass is 15.4. The zero-order valence-electron chi connectivity index (χ0n) is 19.5. The van der Waals surface area contributed by atoms with Gasteiger partial charge in [-0.15, -0.1) is 0 Å². The van der Waals surface area contributed by atoms with Crippen molar-refractivity contribution in [2.75, 3.05) is 0 Å². The van der Waals surface area contributed by atoms with Crippen LogP contribution in [0.2, 0.25) is 0 Å². The lowest BCUT2D eigenvalue weighted by atomic mass is 9.74. The molecule has 4 nitrogen and oxygen atoms in total. The van der Waals surface area contributed by atoms with E-state index in [1.165, 1.54) is 69.8 Å². The minimum atomic E-state index is -0.149. The number of hydrogen-bond acceptors (Lipinski definition) is 4. The van der Waals surface area contributed by atoms with Crippen LogP contribution < -0.4 is 22.3 Å². The van der Waals surface area contributed by atoms with Gasteiger partial charge in [-0.1, -0.05) is 99.2 Å². The van der Waals surface area contributed by atoms with Gasteiger partial charge >= 0.3 is 0 Å². The average molecular weight is 435 g/mol. The number of nitrogens with one attached hydrogen (secondary N) is 2. The van der Waals surface area contributed by atoms with Crippen molar-refractivity contribution in [3.63, 3.8) is 0 Å². The van der Waals surface area contributed by atoms with Crippen molar-refractivity contribution in [3.05, 3.63) is 71.8 Å². The van der Waals surface area contributed by atoms with Gasteiger partial charge in [-0.2, -0.15) is 0 Å². The van der Waals surface area contributed by atoms with Gasteiger partial charge in [0.2, 0.25) is 0 Å². The molecule has 2 aromatic rings. The molecule has 4 heteroatoms. The van der Waals surface area contributed by atoms with Crippen molar-refractivity contribution in [1.82, 2.24) is 10.9 Å². The standard InChI is InChI=1S/C28H42N4/c29-25(21-13-5-1-6-14-21)27(23-17-9-3-10-18-23)31-32-28(24-19-11-4-12-20-24)26(30)22-15-7-2-8-16-22/h1,3,5-6,9-10,13-14,17-18,22,24-28,31-32H,2,4,7-8,11-12,15-16,19-20,29-30H2. The summed E-state index contributed by atoms with van der Waals surface area (Å²) in [5.41, 5.74) is 23.6. The van der Waals surface area contributed by atoms with Crippen molar-refractivity contribution >= 4 is 0 Å². The molecule has 32 heavy (non-hydrogen) atoms. The number of nitrogens with two attached hydrogens (primary N) is 2. The second-order valence-corrected chi connectivity index (χ2v) is 10.0. The van der Waals surface area contributed by atoms with E-state index < -0.39 is 0 Å². The Morgan fingerprint density at radius 3 is 1.66 bits per heavy atom. The fourth-order valence-corrected chi connectivity index (χ4v) is 5.93. The Morgan fingerprint density at radius 2 is 1.09 bits per heavy atom. The second kappa shape index (κ2) is 11.9.